The Hall–Kier alpha value is -1.60. The van der Waals surface area contributed by atoms with Gasteiger partial charge in [-0.1, -0.05) is 54.1 Å². The minimum Gasteiger partial charge on any atom is -0.388 e. The Morgan fingerprint density at radius 2 is 1.80 bits per heavy atom. The van der Waals surface area contributed by atoms with Gasteiger partial charge in [-0.25, -0.2) is 0 Å². The maximum atomic E-state index is 10.7. The highest BCUT2D eigenvalue weighted by atomic mass is 16.3. The fraction of sp³-hybridized carbons (Fsp3) is 0.368. The van der Waals surface area contributed by atoms with Crippen molar-refractivity contribution >= 4 is 0 Å². The van der Waals surface area contributed by atoms with Gasteiger partial charge >= 0.3 is 0 Å². The van der Waals surface area contributed by atoms with Gasteiger partial charge in [0.05, 0.1) is 6.10 Å². The molecule has 2 aromatic rings. The summed E-state index contributed by atoms with van der Waals surface area (Å²) in [6.45, 7) is 2.11. The van der Waals surface area contributed by atoms with E-state index in [2.05, 4.69) is 49.4 Å². The molecule has 20 heavy (non-hydrogen) atoms. The Kier molecular flexibility index (Phi) is 3.88. The summed E-state index contributed by atoms with van der Waals surface area (Å²) in [5.41, 5.74) is 5.09. The van der Waals surface area contributed by atoms with Crippen molar-refractivity contribution in [1.82, 2.24) is 0 Å². The van der Waals surface area contributed by atoms with E-state index >= 15 is 0 Å². The third-order valence-electron chi connectivity index (χ3n) is 4.46. The molecule has 0 saturated heterocycles. The van der Waals surface area contributed by atoms with Gasteiger partial charge in [0.2, 0.25) is 0 Å². The Bertz CT molecular complexity index is 571. The topological polar surface area (TPSA) is 20.2 Å². The van der Waals surface area contributed by atoms with Crippen molar-refractivity contribution in [1.29, 1.82) is 0 Å². The van der Waals surface area contributed by atoms with Gasteiger partial charge in [0.25, 0.3) is 0 Å². The molecule has 0 aliphatic heterocycles. The van der Waals surface area contributed by atoms with E-state index in [0.29, 0.717) is 5.92 Å². The van der Waals surface area contributed by atoms with E-state index in [1.807, 2.05) is 6.07 Å². The number of rotatable bonds is 2. The molecule has 2 unspecified atom stereocenters. The van der Waals surface area contributed by atoms with Crippen LogP contribution in [-0.4, -0.2) is 5.11 Å². The molecule has 0 radical (unpaired) electrons. The molecule has 1 N–H and O–H groups in total. The van der Waals surface area contributed by atoms with E-state index in [0.717, 1.165) is 24.8 Å². The first-order valence-corrected chi connectivity index (χ1v) is 7.55. The van der Waals surface area contributed by atoms with Crippen molar-refractivity contribution in [3.63, 3.8) is 0 Å². The van der Waals surface area contributed by atoms with Crippen LogP contribution in [-0.2, 0) is 12.8 Å². The molecule has 1 nitrogen and oxygen atoms in total. The highest BCUT2D eigenvalue weighted by Crippen LogP contribution is 2.35. The third kappa shape index (κ3) is 2.78. The van der Waals surface area contributed by atoms with E-state index in [1.165, 1.54) is 23.1 Å². The highest BCUT2D eigenvalue weighted by Gasteiger charge is 2.25. The highest BCUT2D eigenvalue weighted by molar-refractivity contribution is 5.31. The molecule has 0 fully saturated rings. The lowest BCUT2D eigenvalue weighted by Crippen LogP contribution is -2.14. The standard InChI is InChI=1S/C19H22O/c1-14-9-11-15(12-10-14)13-17-7-4-6-16-5-2-3-8-18(16)19(17)20/h2-3,5,8-12,17,19-20H,4,6-7,13H2,1H3. The largest absolute Gasteiger partial charge is 0.388 e. The molecule has 3 rings (SSSR count). The minimum atomic E-state index is -0.324. The predicted molar refractivity (Wildman–Crippen MR) is 82.7 cm³/mol. The van der Waals surface area contributed by atoms with Gasteiger partial charge in [-0.05, 0) is 55.2 Å². The second-order valence-electron chi connectivity index (χ2n) is 5.99. The molecule has 2 atom stereocenters. The average molecular weight is 266 g/mol. The van der Waals surface area contributed by atoms with Gasteiger partial charge in [-0.2, -0.15) is 0 Å². The summed E-state index contributed by atoms with van der Waals surface area (Å²) >= 11 is 0. The molecular formula is C19H22O. The molecule has 0 amide bonds. The lowest BCUT2D eigenvalue weighted by molar-refractivity contribution is 0.105. The van der Waals surface area contributed by atoms with Gasteiger partial charge < -0.3 is 5.11 Å². The fourth-order valence-corrected chi connectivity index (χ4v) is 3.26. The molecule has 0 heterocycles. The van der Waals surface area contributed by atoms with Crippen molar-refractivity contribution in [3.8, 4) is 0 Å². The van der Waals surface area contributed by atoms with Crippen LogP contribution in [0, 0.1) is 12.8 Å². The van der Waals surface area contributed by atoms with Crippen LogP contribution in [0.3, 0.4) is 0 Å². The monoisotopic (exact) mass is 266 g/mol. The SMILES string of the molecule is Cc1ccc(CC2CCCc3ccccc3C2O)cc1. The van der Waals surface area contributed by atoms with Crippen molar-refractivity contribution < 1.29 is 5.11 Å². The van der Waals surface area contributed by atoms with E-state index in [4.69, 9.17) is 0 Å². The number of aryl methyl sites for hydroxylation is 2. The van der Waals surface area contributed by atoms with Gasteiger partial charge in [0.15, 0.2) is 0 Å². The zero-order chi connectivity index (χ0) is 13.9. The maximum Gasteiger partial charge on any atom is 0.0824 e. The second-order valence-corrected chi connectivity index (χ2v) is 5.99. The first-order valence-electron chi connectivity index (χ1n) is 7.55. The number of hydrogen-bond donors (Lipinski definition) is 1. The summed E-state index contributed by atoms with van der Waals surface area (Å²) in [4.78, 5) is 0. The van der Waals surface area contributed by atoms with Crippen LogP contribution < -0.4 is 0 Å². The summed E-state index contributed by atoms with van der Waals surface area (Å²) in [6, 6.07) is 17.1. The summed E-state index contributed by atoms with van der Waals surface area (Å²) in [5, 5.41) is 10.7. The van der Waals surface area contributed by atoms with E-state index in [9.17, 15) is 5.11 Å². The van der Waals surface area contributed by atoms with Crippen molar-refractivity contribution in [2.75, 3.05) is 0 Å². The first kappa shape index (κ1) is 13.4. The van der Waals surface area contributed by atoms with Crippen LogP contribution in [0.2, 0.25) is 0 Å². The maximum absolute atomic E-state index is 10.7. The summed E-state index contributed by atoms with van der Waals surface area (Å²) < 4.78 is 0. The number of fused-ring (bicyclic) bond motifs is 1. The van der Waals surface area contributed by atoms with Crippen LogP contribution in [0.15, 0.2) is 48.5 Å². The summed E-state index contributed by atoms with van der Waals surface area (Å²) in [5.74, 6) is 0.335. The molecule has 1 heteroatoms. The molecule has 104 valence electrons. The number of aliphatic hydroxyl groups excluding tert-OH is 1. The Morgan fingerprint density at radius 1 is 1.05 bits per heavy atom. The predicted octanol–water partition coefficient (Wildman–Crippen LogP) is 4.22. The van der Waals surface area contributed by atoms with Crippen molar-refractivity contribution in [2.45, 2.75) is 38.7 Å². The smallest absolute Gasteiger partial charge is 0.0824 e. The zero-order valence-corrected chi connectivity index (χ0v) is 12.0. The molecule has 1 aliphatic rings. The Balaban J connectivity index is 1.82. The zero-order valence-electron chi connectivity index (χ0n) is 12.0. The molecular weight excluding hydrogens is 244 g/mol. The van der Waals surface area contributed by atoms with Crippen LogP contribution in [0.1, 0.15) is 41.2 Å². The fourth-order valence-electron chi connectivity index (χ4n) is 3.26. The molecule has 0 aromatic heterocycles. The van der Waals surface area contributed by atoms with Crippen LogP contribution in [0.4, 0.5) is 0 Å². The summed E-state index contributed by atoms with van der Waals surface area (Å²) in [7, 11) is 0. The van der Waals surface area contributed by atoms with Crippen molar-refractivity contribution in [3.05, 3.63) is 70.8 Å². The minimum absolute atomic E-state index is 0.324. The van der Waals surface area contributed by atoms with E-state index in [1.54, 1.807) is 0 Å². The van der Waals surface area contributed by atoms with Gasteiger partial charge in [-0.15, -0.1) is 0 Å². The molecule has 2 aromatic carbocycles. The first-order chi connectivity index (χ1) is 9.74. The summed E-state index contributed by atoms with van der Waals surface area (Å²) in [6.07, 6.45) is 4.01. The number of benzene rings is 2. The van der Waals surface area contributed by atoms with Crippen LogP contribution in [0.5, 0.6) is 0 Å². The normalized spacial score (nSPS) is 22.1. The molecule has 0 bridgehead atoms. The number of aliphatic hydroxyl groups is 1. The van der Waals surface area contributed by atoms with Crippen molar-refractivity contribution in [2.24, 2.45) is 5.92 Å². The lowest BCUT2D eigenvalue weighted by atomic mass is 9.88. The van der Waals surface area contributed by atoms with Gasteiger partial charge in [0, 0.05) is 0 Å². The van der Waals surface area contributed by atoms with Gasteiger partial charge in [0.1, 0.15) is 0 Å². The van der Waals surface area contributed by atoms with E-state index < -0.39 is 0 Å². The number of hydrogen-bond acceptors (Lipinski definition) is 1. The molecule has 0 spiro atoms. The van der Waals surface area contributed by atoms with E-state index in [-0.39, 0.29) is 6.10 Å². The van der Waals surface area contributed by atoms with Crippen LogP contribution in [0.25, 0.3) is 0 Å². The molecule has 1 aliphatic carbocycles. The third-order valence-corrected chi connectivity index (χ3v) is 4.46. The average Bonchev–Trinajstić information content (AvgIpc) is 2.62. The van der Waals surface area contributed by atoms with Gasteiger partial charge in [-0.3, -0.25) is 0 Å². The quantitative estimate of drug-likeness (QED) is 0.807. The van der Waals surface area contributed by atoms with Crippen LogP contribution >= 0.6 is 0 Å². The molecule has 0 saturated carbocycles. The second kappa shape index (κ2) is 5.80. The Morgan fingerprint density at radius 3 is 2.60 bits per heavy atom. The Labute approximate surface area is 121 Å². The lowest BCUT2D eigenvalue weighted by Gasteiger charge is -2.22.